The number of amides is 1. The minimum Gasteiger partial charge on any atom is -0.376 e. The van der Waals surface area contributed by atoms with E-state index in [1.165, 1.54) is 12.8 Å². The Labute approximate surface area is 109 Å². The highest BCUT2D eigenvalue weighted by Crippen LogP contribution is 2.41. The van der Waals surface area contributed by atoms with Gasteiger partial charge in [0.2, 0.25) is 5.91 Å². The van der Waals surface area contributed by atoms with Gasteiger partial charge in [0.1, 0.15) is 0 Å². The zero-order valence-corrected chi connectivity index (χ0v) is 11.4. The molecule has 3 rings (SSSR count). The van der Waals surface area contributed by atoms with Gasteiger partial charge in [-0.25, -0.2) is 0 Å². The molecule has 2 saturated heterocycles. The lowest BCUT2D eigenvalue weighted by molar-refractivity contribution is -0.133. The Morgan fingerprint density at radius 2 is 2.17 bits per heavy atom. The van der Waals surface area contributed by atoms with Crippen molar-refractivity contribution in [3.05, 3.63) is 0 Å². The molecule has 0 bridgehead atoms. The summed E-state index contributed by atoms with van der Waals surface area (Å²) in [6.07, 6.45) is 6.05. The predicted octanol–water partition coefficient (Wildman–Crippen LogP) is 1.50. The Hall–Kier alpha value is -0.610. The lowest BCUT2D eigenvalue weighted by Crippen LogP contribution is -2.47. The molecule has 4 nitrogen and oxygen atoms in total. The first-order valence-electron chi connectivity index (χ1n) is 7.42. The summed E-state index contributed by atoms with van der Waals surface area (Å²) in [7, 11) is 0. The third-order valence-corrected chi connectivity index (χ3v) is 4.54. The molecule has 102 valence electrons. The zero-order valence-electron chi connectivity index (χ0n) is 11.4. The van der Waals surface area contributed by atoms with Gasteiger partial charge in [-0.2, -0.15) is 0 Å². The largest absolute Gasteiger partial charge is 0.376 e. The molecular weight excluding hydrogens is 228 g/mol. The number of hydrogen-bond acceptors (Lipinski definition) is 3. The topological polar surface area (TPSA) is 41.6 Å². The van der Waals surface area contributed by atoms with E-state index < -0.39 is 0 Å². The van der Waals surface area contributed by atoms with Gasteiger partial charge in [0, 0.05) is 6.61 Å². The fourth-order valence-electron chi connectivity index (χ4n) is 3.53. The van der Waals surface area contributed by atoms with Crippen molar-refractivity contribution in [1.29, 1.82) is 0 Å². The fourth-order valence-corrected chi connectivity index (χ4v) is 3.53. The van der Waals surface area contributed by atoms with Crippen LogP contribution in [0.2, 0.25) is 0 Å². The molecular formula is C14H24N2O2. The van der Waals surface area contributed by atoms with Crippen LogP contribution < -0.4 is 5.32 Å². The Morgan fingerprint density at radius 1 is 1.39 bits per heavy atom. The molecule has 1 aliphatic carbocycles. The molecule has 3 aliphatic rings. The second-order valence-corrected chi connectivity index (χ2v) is 5.96. The third kappa shape index (κ3) is 2.05. The SMILES string of the molecule is CCCC1NC(C)N(C2CCOC2C2CC2)C1=O. The van der Waals surface area contributed by atoms with Crippen LogP contribution in [0.5, 0.6) is 0 Å². The van der Waals surface area contributed by atoms with Crippen LogP contribution in [0.15, 0.2) is 0 Å². The Morgan fingerprint density at radius 3 is 2.83 bits per heavy atom. The number of nitrogens with zero attached hydrogens (tertiary/aromatic N) is 1. The molecule has 1 amide bonds. The van der Waals surface area contributed by atoms with E-state index in [1.807, 2.05) is 0 Å². The molecule has 4 atom stereocenters. The van der Waals surface area contributed by atoms with E-state index in [1.54, 1.807) is 0 Å². The van der Waals surface area contributed by atoms with Crippen molar-refractivity contribution < 1.29 is 9.53 Å². The number of carbonyl (C=O) groups excluding carboxylic acids is 1. The average molecular weight is 252 g/mol. The van der Waals surface area contributed by atoms with Crippen LogP contribution >= 0.6 is 0 Å². The fraction of sp³-hybridized carbons (Fsp3) is 0.929. The quantitative estimate of drug-likeness (QED) is 0.824. The van der Waals surface area contributed by atoms with Gasteiger partial charge >= 0.3 is 0 Å². The number of hydrogen-bond donors (Lipinski definition) is 1. The molecule has 18 heavy (non-hydrogen) atoms. The number of ether oxygens (including phenoxy) is 1. The molecule has 1 N–H and O–H groups in total. The van der Waals surface area contributed by atoms with Gasteiger partial charge in [0.05, 0.1) is 24.4 Å². The molecule has 0 spiro atoms. The van der Waals surface area contributed by atoms with Crippen LogP contribution in [-0.4, -0.2) is 41.8 Å². The standard InChI is InChI=1S/C14H24N2O2/c1-3-4-11-14(17)16(9(2)15-11)12-7-8-18-13(12)10-5-6-10/h9-13,15H,3-8H2,1-2H3. The minimum absolute atomic E-state index is 0.0328. The van der Waals surface area contributed by atoms with Gasteiger partial charge in [0.25, 0.3) is 0 Å². The number of carbonyl (C=O) groups is 1. The van der Waals surface area contributed by atoms with Gasteiger partial charge in [0.15, 0.2) is 0 Å². The normalized spacial score (nSPS) is 40.8. The summed E-state index contributed by atoms with van der Waals surface area (Å²) in [6.45, 7) is 5.06. The van der Waals surface area contributed by atoms with E-state index in [-0.39, 0.29) is 12.2 Å². The molecule has 0 aromatic heterocycles. The maximum atomic E-state index is 12.5. The van der Waals surface area contributed by atoms with Crippen molar-refractivity contribution in [3.63, 3.8) is 0 Å². The summed E-state index contributed by atoms with van der Waals surface area (Å²) in [5.41, 5.74) is 0. The smallest absolute Gasteiger partial charge is 0.241 e. The molecule has 0 aromatic carbocycles. The Balaban J connectivity index is 1.72. The zero-order chi connectivity index (χ0) is 12.7. The van der Waals surface area contributed by atoms with E-state index in [2.05, 4.69) is 24.1 Å². The van der Waals surface area contributed by atoms with E-state index in [0.29, 0.717) is 24.0 Å². The van der Waals surface area contributed by atoms with E-state index >= 15 is 0 Å². The highest BCUT2D eigenvalue weighted by atomic mass is 16.5. The lowest BCUT2D eigenvalue weighted by atomic mass is 10.0. The highest BCUT2D eigenvalue weighted by Gasteiger charge is 2.48. The van der Waals surface area contributed by atoms with Crippen molar-refractivity contribution in [2.45, 2.75) is 70.3 Å². The maximum Gasteiger partial charge on any atom is 0.241 e. The Kier molecular flexibility index (Phi) is 3.32. The van der Waals surface area contributed by atoms with E-state index in [9.17, 15) is 4.79 Å². The molecule has 0 radical (unpaired) electrons. The first-order chi connectivity index (χ1) is 8.72. The van der Waals surface area contributed by atoms with Crippen molar-refractivity contribution in [2.24, 2.45) is 5.92 Å². The molecule has 1 saturated carbocycles. The lowest BCUT2D eigenvalue weighted by Gasteiger charge is -2.31. The predicted molar refractivity (Wildman–Crippen MR) is 69.0 cm³/mol. The first-order valence-corrected chi connectivity index (χ1v) is 7.42. The summed E-state index contributed by atoms with van der Waals surface area (Å²) >= 11 is 0. The van der Waals surface area contributed by atoms with Crippen LogP contribution in [-0.2, 0) is 9.53 Å². The van der Waals surface area contributed by atoms with Crippen LogP contribution in [0.3, 0.4) is 0 Å². The summed E-state index contributed by atoms with van der Waals surface area (Å²) in [5, 5.41) is 3.43. The van der Waals surface area contributed by atoms with Gasteiger partial charge in [-0.05, 0) is 38.5 Å². The number of rotatable bonds is 4. The Bertz CT molecular complexity index is 330. The third-order valence-electron chi connectivity index (χ3n) is 4.54. The van der Waals surface area contributed by atoms with Gasteiger partial charge in [-0.3, -0.25) is 10.1 Å². The van der Waals surface area contributed by atoms with Crippen molar-refractivity contribution >= 4 is 5.91 Å². The summed E-state index contributed by atoms with van der Waals surface area (Å²) in [5.74, 6) is 1.01. The van der Waals surface area contributed by atoms with E-state index in [0.717, 1.165) is 25.9 Å². The summed E-state index contributed by atoms with van der Waals surface area (Å²) < 4.78 is 5.87. The minimum atomic E-state index is 0.0328. The molecule has 0 aromatic rings. The second-order valence-electron chi connectivity index (χ2n) is 5.96. The monoisotopic (exact) mass is 252 g/mol. The second kappa shape index (κ2) is 4.82. The molecule has 2 heterocycles. The van der Waals surface area contributed by atoms with Crippen LogP contribution in [0.25, 0.3) is 0 Å². The molecule has 3 fully saturated rings. The van der Waals surface area contributed by atoms with Crippen molar-refractivity contribution in [3.8, 4) is 0 Å². The molecule has 4 unspecified atom stereocenters. The van der Waals surface area contributed by atoms with Crippen LogP contribution in [0, 0.1) is 5.92 Å². The van der Waals surface area contributed by atoms with E-state index in [4.69, 9.17) is 4.74 Å². The van der Waals surface area contributed by atoms with Gasteiger partial charge in [-0.1, -0.05) is 13.3 Å². The van der Waals surface area contributed by atoms with Crippen LogP contribution in [0.4, 0.5) is 0 Å². The number of nitrogens with one attached hydrogen (secondary N) is 1. The van der Waals surface area contributed by atoms with Gasteiger partial charge < -0.3 is 9.64 Å². The van der Waals surface area contributed by atoms with Crippen LogP contribution in [0.1, 0.15) is 46.0 Å². The molecule has 4 heteroatoms. The maximum absolute atomic E-state index is 12.5. The first kappa shape index (κ1) is 12.4. The van der Waals surface area contributed by atoms with Gasteiger partial charge in [-0.15, -0.1) is 0 Å². The highest BCUT2D eigenvalue weighted by molar-refractivity contribution is 5.84. The summed E-state index contributed by atoms with van der Waals surface area (Å²) in [6, 6.07) is 0.347. The summed E-state index contributed by atoms with van der Waals surface area (Å²) in [4.78, 5) is 14.6. The van der Waals surface area contributed by atoms with Crippen molar-refractivity contribution in [2.75, 3.05) is 6.61 Å². The molecule has 2 aliphatic heterocycles. The van der Waals surface area contributed by atoms with Crippen molar-refractivity contribution in [1.82, 2.24) is 10.2 Å². The average Bonchev–Trinajstić information content (AvgIpc) is 3.02.